The second-order valence-corrected chi connectivity index (χ2v) is 3.26. The van der Waals surface area contributed by atoms with E-state index in [-0.39, 0.29) is 11.9 Å². The van der Waals surface area contributed by atoms with Crippen LogP contribution in [0.2, 0.25) is 0 Å². The lowest BCUT2D eigenvalue weighted by Crippen LogP contribution is -2.01. The van der Waals surface area contributed by atoms with Gasteiger partial charge in [-0.15, -0.1) is 0 Å². The number of aliphatic hydroxyl groups is 1. The van der Waals surface area contributed by atoms with Crippen LogP contribution < -0.4 is 0 Å². The van der Waals surface area contributed by atoms with Gasteiger partial charge in [0, 0.05) is 6.42 Å². The van der Waals surface area contributed by atoms with E-state index >= 15 is 0 Å². The highest BCUT2D eigenvalue weighted by molar-refractivity contribution is 5.18. The molecule has 0 radical (unpaired) electrons. The monoisotopic (exact) mass is 182 g/mol. The van der Waals surface area contributed by atoms with Crippen molar-refractivity contribution in [2.75, 3.05) is 6.61 Å². The van der Waals surface area contributed by atoms with Crippen LogP contribution in [0.5, 0.6) is 0 Å². The fourth-order valence-corrected chi connectivity index (χ4v) is 1.27. The van der Waals surface area contributed by atoms with Crippen molar-refractivity contribution in [2.45, 2.75) is 18.6 Å². The van der Waals surface area contributed by atoms with E-state index in [2.05, 4.69) is 0 Å². The molecule has 13 heavy (non-hydrogen) atoms. The number of halogens is 1. The summed E-state index contributed by atoms with van der Waals surface area (Å²) in [5.41, 5.74) is 0.747. The number of hydrogen-bond donors (Lipinski definition) is 1. The summed E-state index contributed by atoms with van der Waals surface area (Å²) in [7, 11) is 0. The summed E-state index contributed by atoms with van der Waals surface area (Å²) in [5, 5.41) is 9.62. The molecule has 1 heterocycles. The van der Waals surface area contributed by atoms with Crippen LogP contribution in [0, 0.1) is 5.82 Å². The van der Waals surface area contributed by atoms with Gasteiger partial charge in [0.05, 0.1) is 18.8 Å². The Balaban J connectivity index is 2.01. The topological polar surface area (TPSA) is 32.8 Å². The summed E-state index contributed by atoms with van der Waals surface area (Å²) >= 11 is 0. The van der Waals surface area contributed by atoms with E-state index in [0.717, 1.165) is 12.2 Å². The van der Waals surface area contributed by atoms with Crippen molar-refractivity contribution in [3.05, 3.63) is 35.6 Å². The van der Waals surface area contributed by atoms with Gasteiger partial charge in [0.1, 0.15) is 5.82 Å². The second-order valence-electron chi connectivity index (χ2n) is 3.26. The molecule has 70 valence electrons. The molecular formula is C10H11FO2. The van der Waals surface area contributed by atoms with Gasteiger partial charge in [-0.3, -0.25) is 0 Å². The van der Waals surface area contributed by atoms with Crippen LogP contribution in [0.25, 0.3) is 0 Å². The zero-order valence-electron chi connectivity index (χ0n) is 7.11. The minimum atomic E-state index is -0.534. The zero-order valence-corrected chi connectivity index (χ0v) is 7.11. The Bertz CT molecular complexity index is 279. The molecule has 1 N–H and O–H groups in total. The van der Waals surface area contributed by atoms with Crippen LogP contribution in [0.1, 0.15) is 18.1 Å². The van der Waals surface area contributed by atoms with Gasteiger partial charge in [-0.25, -0.2) is 4.39 Å². The number of aliphatic hydroxyl groups excluding tert-OH is 1. The molecule has 1 aliphatic heterocycles. The molecule has 1 aromatic carbocycles. The summed E-state index contributed by atoms with van der Waals surface area (Å²) in [6.07, 6.45) is 0.263. The number of rotatable bonds is 3. The molecule has 1 saturated heterocycles. The van der Waals surface area contributed by atoms with E-state index in [1.165, 1.54) is 12.1 Å². The van der Waals surface area contributed by atoms with Gasteiger partial charge in [-0.05, 0) is 17.7 Å². The summed E-state index contributed by atoms with van der Waals surface area (Å²) < 4.78 is 17.5. The van der Waals surface area contributed by atoms with E-state index in [9.17, 15) is 9.50 Å². The predicted molar refractivity (Wildman–Crippen MR) is 45.7 cm³/mol. The molecule has 2 unspecified atom stereocenters. The molecule has 0 aliphatic carbocycles. The van der Waals surface area contributed by atoms with Crippen LogP contribution in [-0.4, -0.2) is 17.8 Å². The first-order valence-electron chi connectivity index (χ1n) is 4.31. The third-order valence-electron chi connectivity index (χ3n) is 2.14. The average molecular weight is 182 g/mol. The third kappa shape index (κ3) is 2.26. The molecule has 0 spiro atoms. The molecule has 1 fully saturated rings. The minimum absolute atomic E-state index is 0.194. The maximum absolute atomic E-state index is 12.5. The lowest BCUT2D eigenvalue weighted by atomic mass is 10.1. The van der Waals surface area contributed by atoms with E-state index in [1.807, 2.05) is 0 Å². The fourth-order valence-electron chi connectivity index (χ4n) is 1.27. The Kier molecular flexibility index (Phi) is 2.29. The first-order valence-corrected chi connectivity index (χ1v) is 4.31. The zero-order chi connectivity index (χ0) is 9.26. The van der Waals surface area contributed by atoms with Crippen molar-refractivity contribution in [1.29, 1.82) is 0 Å². The normalized spacial score (nSPS) is 22.8. The molecule has 3 heteroatoms. The van der Waals surface area contributed by atoms with Crippen molar-refractivity contribution >= 4 is 0 Å². The van der Waals surface area contributed by atoms with Crippen LogP contribution >= 0.6 is 0 Å². The predicted octanol–water partition coefficient (Wildman–Crippen LogP) is 1.65. The summed E-state index contributed by atoms with van der Waals surface area (Å²) in [6, 6.07) is 5.91. The van der Waals surface area contributed by atoms with Crippen LogP contribution in [-0.2, 0) is 4.74 Å². The van der Waals surface area contributed by atoms with Crippen molar-refractivity contribution in [3.8, 4) is 0 Å². The lowest BCUT2D eigenvalue weighted by molar-refractivity contribution is 0.154. The third-order valence-corrected chi connectivity index (χ3v) is 2.14. The molecule has 0 saturated carbocycles. The van der Waals surface area contributed by atoms with Crippen LogP contribution in [0.4, 0.5) is 4.39 Å². The Hall–Kier alpha value is -0.930. The lowest BCUT2D eigenvalue weighted by Gasteiger charge is -2.08. The van der Waals surface area contributed by atoms with Gasteiger partial charge in [0.25, 0.3) is 0 Å². The highest BCUT2D eigenvalue weighted by Crippen LogP contribution is 2.25. The molecule has 2 nitrogen and oxygen atoms in total. The number of epoxide rings is 1. The first-order chi connectivity index (χ1) is 6.25. The first kappa shape index (κ1) is 8.66. The van der Waals surface area contributed by atoms with Gasteiger partial charge in [0.2, 0.25) is 0 Å². The summed E-state index contributed by atoms with van der Waals surface area (Å²) in [4.78, 5) is 0. The largest absolute Gasteiger partial charge is 0.388 e. The van der Waals surface area contributed by atoms with Crippen molar-refractivity contribution in [1.82, 2.24) is 0 Å². The summed E-state index contributed by atoms with van der Waals surface area (Å²) in [5.74, 6) is -0.279. The molecule has 1 aliphatic rings. The Morgan fingerprint density at radius 1 is 1.46 bits per heavy atom. The number of ether oxygens (including phenoxy) is 1. The van der Waals surface area contributed by atoms with Gasteiger partial charge >= 0.3 is 0 Å². The Morgan fingerprint density at radius 2 is 2.08 bits per heavy atom. The Labute approximate surface area is 76.0 Å². The molecule has 0 amide bonds. The van der Waals surface area contributed by atoms with Crippen molar-refractivity contribution in [3.63, 3.8) is 0 Å². The van der Waals surface area contributed by atoms with E-state index in [1.54, 1.807) is 12.1 Å². The quantitative estimate of drug-likeness (QED) is 0.721. The van der Waals surface area contributed by atoms with E-state index in [4.69, 9.17) is 4.74 Å². The highest BCUT2D eigenvalue weighted by Gasteiger charge is 2.26. The van der Waals surface area contributed by atoms with E-state index in [0.29, 0.717) is 6.42 Å². The average Bonchev–Trinajstić information content (AvgIpc) is 2.89. The molecule has 0 bridgehead atoms. The molecule has 1 aromatic rings. The smallest absolute Gasteiger partial charge is 0.123 e. The number of hydrogen-bond acceptors (Lipinski definition) is 2. The van der Waals surface area contributed by atoms with E-state index < -0.39 is 6.10 Å². The fraction of sp³-hybridized carbons (Fsp3) is 0.400. The van der Waals surface area contributed by atoms with Gasteiger partial charge in [0.15, 0.2) is 0 Å². The molecule has 2 rings (SSSR count). The highest BCUT2D eigenvalue weighted by atomic mass is 19.1. The molecular weight excluding hydrogens is 171 g/mol. The maximum Gasteiger partial charge on any atom is 0.123 e. The van der Waals surface area contributed by atoms with Gasteiger partial charge < -0.3 is 9.84 Å². The number of benzene rings is 1. The minimum Gasteiger partial charge on any atom is -0.388 e. The molecule has 0 aromatic heterocycles. The molecule has 2 atom stereocenters. The maximum atomic E-state index is 12.5. The SMILES string of the molecule is OC(CC1CO1)c1ccc(F)cc1. The van der Waals surface area contributed by atoms with Crippen LogP contribution in [0.15, 0.2) is 24.3 Å². The Morgan fingerprint density at radius 3 is 2.62 bits per heavy atom. The standard InChI is InChI=1S/C10H11FO2/c11-8-3-1-7(2-4-8)10(12)5-9-6-13-9/h1-4,9-10,12H,5-6H2. The van der Waals surface area contributed by atoms with Crippen LogP contribution in [0.3, 0.4) is 0 Å². The van der Waals surface area contributed by atoms with Gasteiger partial charge in [-0.2, -0.15) is 0 Å². The second kappa shape index (κ2) is 3.44. The van der Waals surface area contributed by atoms with Crippen molar-refractivity contribution in [2.24, 2.45) is 0 Å². The van der Waals surface area contributed by atoms with Gasteiger partial charge in [-0.1, -0.05) is 12.1 Å². The van der Waals surface area contributed by atoms with Crippen molar-refractivity contribution < 1.29 is 14.2 Å². The summed E-state index contributed by atoms with van der Waals surface area (Å²) in [6.45, 7) is 0.734.